The van der Waals surface area contributed by atoms with E-state index in [-0.39, 0.29) is 5.96 Å². The van der Waals surface area contributed by atoms with Gasteiger partial charge in [-0.15, -0.1) is 0 Å². The molecule has 0 saturated carbocycles. The van der Waals surface area contributed by atoms with E-state index >= 15 is 0 Å². The van der Waals surface area contributed by atoms with Crippen LogP contribution in [0, 0.1) is 5.41 Å². The smallest absolute Gasteiger partial charge is 0.299 e. The molecule has 13 heavy (non-hydrogen) atoms. The van der Waals surface area contributed by atoms with Crippen LogP contribution in [0.5, 0.6) is 0 Å². The molecule has 2 amide bonds. The van der Waals surface area contributed by atoms with Crippen molar-refractivity contribution in [1.82, 2.24) is 15.5 Å². The first-order valence-electron chi connectivity index (χ1n) is 4.28. The molecule has 0 aromatic carbocycles. The molecule has 0 unspecified atom stereocenters. The molecule has 74 valence electrons. The fraction of sp³-hybridized carbons (Fsp3) is 0.500. The average molecular weight is 184 g/mol. The maximum Gasteiger partial charge on any atom is 0.327 e. The van der Waals surface area contributed by atoms with E-state index in [1.807, 2.05) is 20.8 Å². The first kappa shape index (κ1) is 11.5. The van der Waals surface area contributed by atoms with Crippen LogP contribution in [0.1, 0.15) is 20.8 Å². The number of guanidine groups is 1. The first-order valence-corrected chi connectivity index (χ1v) is 4.28. The summed E-state index contributed by atoms with van der Waals surface area (Å²) in [5.74, 6) is 0.516. The van der Waals surface area contributed by atoms with Crippen molar-refractivity contribution in [2.75, 3.05) is 6.54 Å². The second-order valence-electron chi connectivity index (χ2n) is 2.12. The quantitative estimate of drug-likeness (QED) is 0.570. The Kier molecular flexibility index (Phi) is 4.58. The summed E-state index contributed by atoms with van der Waals surface area (Å²) in [6.07, 6.45) is 0. The second-order valence-corrected chi connectivity index (χ2v) is 2.12. The Bertz CT molecular complexity index is 204. The molecule has 0 radical (unpaired) electrons. The molecule has 5 nitrogen and oxygen atoms in total. The maximum atomic E-state index is 10.7. The van der Waals surface area contributed by atoms with Crippen molar-refractivity contribution < 1.29 is 4.79 Å². The van der Waals surface area contributed by atoms with Gasteiger partial charge in [0.1, 0.15) is 5.82 Å². The Labute approximate surface area is 78.3 Å². The highest BCUT2D eigenvalue weighted by Crippen LogP contribution is 2.00. The highest BCUT2D eigenvalue weighted by molar-refractivity contribution is 5.98. The van der Waals surface area contributed by atoms with Crippen molar-refractivity contribution in [3.63, 3.8) is 0 Å². The molecule has 1 aliphatic rings. The second kappa shape index (κ2) is 5.18. The monoisotopic (exact) mass is 184 g/mol. The molecule has 0 bridgehead atoms. The van der Waals surface area contributed by atoms with E-state index in [1.165, 1.54) is 0 Å². The van der Waals surface area contributed by atoms with Gasteiger partial charge in [0.2, 0.25) is 5.96 Å². The van der Waals surface area contributed by atoms with Gasteiger partial charge >= 0.3 is 6.03 Å². The lowest BCUT2D eigenvalue weighted by molar-refractivity contribution is 0.240. The number of nitrogens with zero attached hydrogens (tertiary/aromatic N) is 1. The summed E-state index contributed by atoms with van der Waals surface area (Å²) < 4.78 is 0. The fourth-order valence-corrected chi connectivity index (χ4v) is 0.889. The van der Waals surface area contributed by atoms with Gasteiger partial charge in [0.15, 0.2) is 0 Å². The van der Waals surface area contributed by atoms with Gasteiger partial charge in [-0.3, -0.25) is 20.9 Å². The van der Waals surface area contributed by atoms with Crippen LogP contribution in [-0.2, 0) is 0 Å². The van der Waals surface area contributed by atoms with Crippen molar-refractivity contribution in [2.45, 2.75) is 20.8 Å². The highest BCUT2D eigenvalue weighted by atomic mass is 16.2. The van der Waals surface area contributed by atoms with E-state index in [0.717, 1.165) is 0 Å². The van der Waals surface area contributed by atoms with Crippen LogP contribution in [0.2, 0.25) is 0 Å². The predicted octanol–water partition coefficient (Wildman–Crippen LogP) is 1.05. The molecule has 0 spiro atoms. The Hall–Kier alpha value is -1.52. The Morgan fingerprint density at radius 2 is 2.00 bits per heavy atom. The Morgan fingerprint density at radius 3 is 2.38 bits per heavy atom. The van der Waals surface area contributed by atoms with Crippen molar-refractivity contribution in [1.29, 1.82) is 5.41 Å². The molecule has 5 heteroatoms. The van der Waals surface area contributed by atoms with E-state index in [2.05, 4.69) is 17.2 Å². The van der Waals surface area contributed by atoms with Crippen LogP contribution in [0.25, 0.3) is 0 Å². The summed E-state index contributed by atoms with van der Waals surface area (Å²) in [7, 11) is 0. The van der Waals surface area contributed by atoms with Crippen molar-refractivity contribution in [2.24, 2.45) is 0 Å². The highest BCUT2D eigenvalue weighted by Gasteiger charge is 2.20. The van der Waals surface area contributed by atoms with Crippen LogP contribution < -0.4 is 10.6 Å². The third-order valence-corrected chi connectivity index (χ3v) is 1.40. The summed E-state index contributed by atoms with van der Waals surface area (Å²) in [6, 6.07) is -0.398. The maximum absolute atomic E-state index is 10.7. The van der Waals surface area contributed by atoms with Crippen molar-refractivity contribution in [3.05, 3.63) is 12.4 Å². The summed E-state index contributed by atoms with van der Waals surface area (Å²) in [5.41, 5.74) is 0. The number of carbonyl (C=O) groups is 1. The zero-order chi connectivity index (χ0) is 10.4. The lowest BCUT2D eigenvalue weighted by Gasteiger charge is -2.30. The molecule has 0 atom stereocenters. The molecule has 1 aliphatic heterocycles. The molecule has 1 fully saturated rings. The molecule has 1 heterocycles. The topological polar surface area (TPSA) is 68.2 Å². The fourth-order valence-electron chi connectivity index (χ4n) is 0.889. The van der Waals surface area contributed by atoms with Crippen molar-refractivity contribution >= 4 is 12.0 Å². The normalized spacial score (nSPS) is 15.6. The standard InChI is InChI=1S/C6H10N4O.C2H6/c1-3-10-4(2)8-6(11)9-5(10)7;1-2/h2-3H2,1H3,(H3,7,8,9,11);1-2H3. The average Bonchev–Trinajstić information content (AvgIpc) is 2.07. The predicted molar refractivity (Wildman–Crippen MR) is 52.3 cm³/mol. The van der Waals surface area contributed by atoms with Gasteiger partial charge in [0.05, 0.1) is 0 Å². The van der Waals surface area contributed by atoms with Crippen molar-refractivity contribution in [3.8, 4) is 0 Å². The summed E-state index contributed by atoms with van der Waals surface area (Å²) in [6.45, 7) is 10.1. The van der Waals surface area contributed by atoms with E-state index < -0.39 is 6.03 Å². The number of hydrogen-bond acceptors (Lipinski definition) is 2. The number of nitrogens with one attached hydrogen (secondary N) is 3. The largest absolute Gasteiger partial charge is 0.327 e. The van der Waals surface area contributed by atoms with E-state index in [9.17, 15) is 4.79 Å². The minimum atomic E-state index is -0.398. The molecule has 1 saturated heterocycles. The van der Waals surface area contributed by atoms with Gasteiger partial charge < -0.3 is 0 Å². The zero-order valence-electron chi connectivity index (χ0n) is 8.27. The van der Waals surface area contributed by atoms with Crippen LogP contribution in [0.3, 0.4) is 0 Å². The third kappa shape index (κ3) is 2.77. The number of urea groups is 1. The van der Waals surface area contributed by atoms with Gasteiger partial charge in [-0.25, -0.2) is 4.79 Å². The van der Waals surface area contributed by atoms with Gasteiger partial charge in [0.25, 0.3) is 0 Å². The molecule has 0 aliphatic carbocycles. The zero-order valence-corrected chi connectivity index (χ0v) is 8.27. The van der Waals surface area contributed by atoms with Crippen LogP contribution in [0.15, 0.2) is 12.4 Å². The Morgan fingerprint density at radius 1 is 1.46 bits per heavy atom. The van der Waals surface area contributed by atoms with Crippen LogP contribution in [-0.4, -0.2) is 23.4 Å². The number of hydrogen-bond donors (Lipinski definition) is 3. The van der Waals surface area contributed by atoms with E-state index in [1.54, 1.807) is 4.90 Å². The number of rotatable bonds is 1. The van der Waals surface area contributed by atoms with Crippen LogP contribution in [0.4, 0.5) is 4.79 Å². The molecular formula is C8H16N4O. The van der Waals surface area contributed by atoms with E-state index in [0.29, 0.717) is 12.4 Å². The van der Waals surface area contributed by atoms with Crippen LogP contribution >= 0.6 is 0 Å². The van der Waals surface area contributed by atoms with Gasteiger partial charge in [-0.2, -0.15) is 0 Å². The summed E-state index contributed by atoms with van der Waals surface area (Å²) in [4.78, 5) is 12.3. The molecule has 3 N–H and O–H groups in total. The minimum Gasteiger partial charge on any atom is -0.299 e. The first-order chi connectivity index (χ1) is 6.15. The molecular weight excluding hydrogens is 168 g/mol. The lowest BCUT2D eigenvalue weighted by atomic mass is 10.5. The third-order valence-electron chi connectivity index (χ3n) is 1.40. The summed E-state index contributed by atoms with van der Waals surface area (Å²) >= 11 is 0. The summed E-state index contributed by atoms with van der Waals surface area (Å²) in [5, 5.41) is 12.1. The van der Waals surface area contributed by atoms with Gasteiger partial charge in [0, 0.05) is 6.54 Å². The molecule has 0 aromatic heterocycles. The van der Waals surface area contributed by atoms with Gasteiger partial charge in [-0.05, 0) is 6.92 Å². The lowest BCUT2D eigenvalue weighted by Crippen LogP contribution is -2.55. The van der Waals surface area contributed by atoms with Gasteiger partial charge in [-0.1, -0.05) is 20.4 Å². The SMILES string of the molecule is C=C1NC(=O)NC(=N)N1CC.CC. The van der Waals surface area contributed by atoms with E-state index in [4.69, 9.17) is 5.41 Å². The minimum absolute atomic E-state index is 0.0706. The number of carbonyl (C=O) groups excluding carboxylic acids is 1. The molecule has 1 rings (SSSR count). The molecule has 0 aromatic rings. The number of amides is 2. The Balaban J connectivity index is 0.000000671.